The molecule has 8 heteroatoms. The minimum absolute atomic E-state index is 0.0603. The highest BCUT2D eigenvalue weighted by molar-refractivity contribution is 7.99. The molecule has 0 fully saturated rings. The van der Waals surface area contributed by atoms with E-state index in [9.17, 15) is 4.79 Å². The van der Waals surface area contributed by atoms with Gasteiger partial charge < -0.3 is 13.9 Å². The zero-order valence-electron chi connectivity index (χ0n) is 17.0. The van der Waals surface area contributed by atoms with Crippen molar-refractivity contribution >= 4 is 29.8 Å². The standard InChI is InChI=1S/C22H23N3O4S/c1-4-30-17-9-5-16(6-10-17)14-21-24-25-22(29-21)23-20(26)12-8-15-7-11-18(27-2)19(13-15)28-3/h5-13H,4,14H2,1-3H3,(H,23,25,26). The average Bonchev–Trinajstić information content (AvgIpc) is 3.20. The molecule has 156 valence electrons. The summed E-state index contributed by atoms with van der Waals surface area (Å²) in [5.41, 5.74) is 1.85. The van der Waals surface area contributed by atoms with Gasteiger partial charge in [-0.1, -0.05) is 30.2 Å². The van der Waals surface area contributed by atoms with Gasteiger partial charge in [0.1, 0.15) is 0 Å². The maximum atomic E-state index is 12.1. The quantitative estimate of drug-likeness (QED) is 0.400. The molecule has 7 nitrogen and oxygen atoms in total. The second kappa shape index (κ2) is 10.5. The lowest BCUT2D eigenvalue weighted by atomic mass is 10.1. The minimum atomic E-state index is -0.374. The van der Waals surface area contributed by atoms with Crippen LogP contribution in [0.5, 0.6) is 11.5 Å². The van der Waals surface area contributed by atoms with Gasteiger partial charge in [-0.3, -0.25) is 10.1 Å². The Labute approximate surface area is 179 Å². The number of rotatable bonds is 9. The molecule has 3 rings (SSSR count). The van der Waals surface area contributed by atoms with E-state index in [-0.39, 0.29) is 11.9 Å². The summed E-state index contributed by atoms with van der Waals surface area (Å²) in [6.45, 7) is 2.12. The number of carbonyl (C=O) groups excluding carboxylic acids is 1. The molecule has 0 saturated carbocycles. The molecule has 30 heavy (non-hydrogen) atoms. The van der Waals surface area contributed by atoms with E-state index in [4.69, 9.17) is 13.9 Å². The van der Waals surface area contributed by atoms with Crippen LogP contribution in [-0.2, 0) is 11.2 Å². The second-order valence-electron chi connectivity index (χ2n) is 6.19. The molecule has 0 spiro atoms. The van der Waals surface area contributed by atoms with Crippen LogP contribution in [0.25, 0.3) is 6.08 Å². The summed E-state index contributed by atoms with van der Waals surface area (Å²) in [6.07, 6.45) is 3.54. The lowest BCUT2D eigenvalue weighted by Gasteiger charge is -2.07. The number of aromatic nitrogens is 2. The molecule has 0 aliphatic heterocycles. The number of anilines is 1. The van der Waals surface area contributed by atoms with E-state index in [2.05, 4.69) is 34.6 Å². The number of hydrogen-bond acceptors (Lipinski definition) is 7. The third-order valence-corrected chi connectivity index (χ3v) is 5.02. The van der Waals surface area contributed by atoms with Crippen LogP contribution in [0.3, 0.4) is 0 Å². The predicted molar refractivity (Wildman–Crippen MR) is 117 cm³/mol. The van der Waals surface area contributed by atoms with Crippen LogP contribution >= 0.6 is 11.8 Å². The molecule has 0 bridgehead atoms. The van der Waals surface area contributed by atoms with E-state index in [1.807, 2.05) is 18.2 Å². The summed E-state index contributed by atoms with van der Waals surface area (Å²) in [5, 5.41) is 10.4. The number of nitrogens with zero attached hydrogens (tertiary/aromatic N) is 2. The Hall–Kier alpha value is -3.26. The third kappa shape index (κ3) is 5.87. The molecular formula is C22H23N3O4S. The number of carbonyl (C=O) groups is 1. The molecule has 1 aromatic heterocycles. The second-order valence-corrected chi connectivity index (χ2v) is 7.53. The summed E-state index contributed by atoms with van der Waals surface area (Å²) in [6, 6.07) is 13.6. The Kier molecular flexibility index (Phi) is 7.51. The molecule has 0 saturated heterocycles. The smallest absolute Gasteiger partial charge is 0.322 e. The summed E-state index contributed by atoms with van der Waals surface area (Å²) in [4.78, 5) is 13.4. The third-order valence-electron chi connectivity index (χ3n) is 4.12. The van der Waals surface area contributed by atoms with Crippen LogP contribution < -0.4 is 14.8 Å². The number of benzene rings is 2. The fraction of sp³-hybridized carbons (Fsp3) is 0.227. The Morgan fingerprint density at radius 3 is 2.57 bits per heavy atom. The molecule has 2 aromatic carbocycles. The van der Waals surface area contributed by atoms with Gasteiger partial charge >= 0.3 is 6.01 Å². The van der Waals surface area contributed by atoms with Crippen molar-refractivity contribution in [2.45, 2.75) is 18.2 Å². The number of thioether (sulfide) groups is 1. The number of methoxy groups -OCH3 is 2. The van der Waals surface area contributed by atoms with E-state index in [1.54, 1.807) is 44.2 Å². The molecule has 1 N–H and O–H groups in total. The number of nitrogens with one attached hydrogen (secondary N) is 1. The first-order valence-electron chi connectivity index (χ1n) is 9.36. The van der Waals surface area contributed by atoms with E-state index < -0.39 is 0 Å². The van der Waals surface area contributed by atoms with Crippen molar-refractivity contribution in [3.8, 4) is 11.5 Å². The van der Waals surface area contributed by atoms with Crippen molar-refractivity contribution in [1.29, 1.82) is 0 Å². The molecule has 0 unspecified atom stereocenters. The molecule has 0 aliphatic carbocycles. The Balaban J connectivity index is 1.57. The SMILES string of the molecule is CCSc1ccc(Cc2nnc(NC(=O)C=Cc3ccc(OC)c(OC)c3)o2)cc1. The van der Waals surface area contributed by atoms with Gasteiger partial charge in [0.2, 0.25) is 5.89 Å². The Morgan fingerprint density at radius 2 is 1.87 bits per heavy atom. The van der Waals surface area contributed by atoms with Crippen molar-refractivity contribution in [2.24, 2.45) is 0 Å². The van der Waals surface area contributed by atoms with Crippen LogP contribution in [0, 0.1) is 0 Å². The van der Waals surface area contributed by atoms with E-state index in [0.717, 1.165) is 16.9 Å². The van der Waals surface area contributed by atoms with Crippen molar-refractivity contribution in [3.63, 3.8) is 0 Å². The highest BCUT2D eigenvalue weighted by Crippen LogP contribution is 2.28. The van der Waals surface area contributed by atoms with E-state index in [1.165, 1.54) is 11.0 Å². The van der Waals surface area contributed by atoms with Gasteiger partial charge in [0.25, 0.3) is 5.91 Å². The van der Waals surface area contributed by atoms with Crippen LogP contribution in [0.2, 0.25) is 0 Å². The van der Waals surface area contributed by atoms with Crippen molar-refractivity contribution < 1.29 is 18.7 Å². The summed E-state index contributed by atoms with van der Waals surface area (Å²) < 4.78 is 16.0. The lowest BCUT2D eigenvalue weighted by molar-refractivity contribution is -0.112. The van der Waals surface area contributed by atoms with Crippen LogP contribution in [-0.4, -0.2) is 36.1 Å². The zero-order chi connectivity index (χ0) is 21.3. The first kappa shape index (κ1) is 21.4. The Bertz CT molecular complexity index is 1020. The van der Waals surface area contributed by atoms with Gasteiger partial charge in [0.15, 0.2) is 11.5 Å². The molecule has 0 radical (unpaired) electrons. The monoisotopic (exact) mass is 425 g/mol. The fourth-order valence-corrected chi connectivity index (χ4v) is 3.36. The number of ether oxygens (including phenoxy) is 2. The molecule has 3 aromatic rings. The van der Waals surface area contributed by atoms with Crippen LogP contribution in [0.1, 0.15) is 23.9 Å². The van der Waals surface area contributed by atoms with Crippen molar-refractivity contribution in [2.75, 3.05) is 25.3 Å². The van der Waals surface area contributed by atoms with Gasteiger partial charge in [-0.05, 0) is 47.2 Å². The first-order chi connectivity index (χ1) is 14.6. The largest absolute Gasteiger partial charge is 0.493 e. The lowest BCUT2D eigenvalue weighted by Crippen LogP contribution is -2.07. The van der Waals surface area contributed by atoms with Gasteiger partial charge in [-0.2, -0.15) is 0 Å². The molecular weight excluding hydrogens is 402 g/mol. The fourth-order valence-electron chi connectivity index (χ4n) is 2.70. The Morgan fingerprint density at radius 1 is 1.10 bits per heavy atom. The van der Waals surface area contributed by atoms with Crippen LogP contribution in [0.15, 0.2) is 57.9 Å². The van der Waals surface area contributed by atoms with Crippen LogP contribution in [0.4, 0.5) is 6.01 Å². The summed E-state index contributed by atoms with van der Waals surface area (Å²) in [7, 11) is 3.13. The maximum absolute atomic E-state index is 12.1. The molecule has 0 aliphatic rings. The van der Waals surface area contributed by atoms with Gasteiger partial charge in [-0.25, -0.2) is 0 Å². The minimum Gasteiger partial charge on any atom is -0.493 e. The van der Waals surface area contributed by atoms with Crippen molar-refractivity contribution in [1.82, 2.24) is 10.2 Å². The topological polar surface area (TPSA) is 86.5 Å². The summed E-state index contributed by atoms with van der Waals surface area (Å²) >= 11 is 1.79. The normalized spacial score (nSPS) is 10.9. The highest BCUT2D eigenvalue weighted by atomic mass is 32.2. The van der Waals surface area contributed by atoms with Gasteiger partial charge in [-0.15, -0.1) is 16.9 Å². The zero-order valence-corrected chi connectivity index (χ0v) is 17.9. The number of amides is 1. The number of hydrogen-bond donors (Lipinski definition) is 1. The van der Waals surface area contributed by atoms with E-state index >= 15 is 0 Å². The van der Waals surface area contributed by atoms with Crippen molar-refractivity contribution in [3.05, 3.63) is 65.6 Å². The first-order valence-corrected chi connectivity index (χ1v) is 10.3. The molecule has 1 heterocycles. The molecule has 0 atom stereocenters. The highest BCUT2D eigenvalue weighted by Gasteiger charge is 2.09. The summed E-state index contributed by atoms with van der Waals surface area (Å²) in [5.74, 6) is 2.30. The maximum Gasteiger partial charge on any atom is 0.322 e. The van der Waals surface area contributed by atoms with Gasteiger partial charge in [0.05, 0.1) is 20.6 Å². The average molecular weight is 426 g/mol. The van der Waals surface area contributed by atoms with E-state index in [0.29, 0.717) is 23.8 Å². The predicted octanol–water partition coefficient (Wildman–Crippen LogP) is 4.44. The van der Waals surface area contributed by atoms with Gasteiger partial charge in [0, 0.05) is 11.0 Å². The molecule has 1 amide bonds.